The van der Waals surface area contributed by atoms with Gasteiger partial charge in [-0.15, -0.1) is 11.3 Å². The molecule has 0 spiro atoms. The number of rotatable bonds is 5. The van der Waals surface area contributed by atoms with Crippen LogP contribution in [0.2, 0.25) is 0 Å². The third-order valence-electron chi connectivity index (χ3n) is 4.85. The van der Waals surface area contributed by atoms with Gasteiger partial charge in [0.05, 0.1) is 5.69 Å². The lowest BCUT2D eigenvalue weighted by Crippen LogP contribution is -2.34. The van der Waals surface area contributed by atoms with Crippen molar-refractivity contribution in [2.75, 3.05) is 18.0 Å². The van der Waals surface area contributed by atoms with E-state index in [1.54, 1.807) is 18.3 Å². The maximum Gasteiger partial charge on any atom is 0.225 e. The summed E-state index contributed by atoms with van der Waals surface area (Å²) in [5, 5.41) is 10.2. The van der Waals surface area contributed by atoms with Crippen LogP contribution in [0.1, 0.15) is 49.9 Å². The van der Waals surface area contributed by atoms with E-state index in [1.807, 2.05) is 11.1 Å². The zero-order chi connectivity index (χ0) is 16.5. The van der Waals surface area contributed by atoms with Crippen molar-refractivity contribution in [3.63, 3.8) is 0 Å². The Morgan fingerprint density at radius 2 is 2.33 bits per heavy atom. The van der Waals surface area contributed by atoms with Crippen LogP contribution >= 0.6 is 11.3 Å². The summed E-state index contributed by atoms with van der Waals surface area (Å²) in [7, 11) is 0. The molecule has 1 saturated heterocycles. The fraction of sp³-hybridized carbons (Fsp3) is 0.588. The van der Waals surface area contributed by atoms with Gasteiger partial charge >= 0.3 is 0 Å². The fourth-order valence-electron chi connectivity index (χ4n) is 3.54. The molecule has 7 heteroatoms. The molecule has 1 aliphatic carbocycles. The Hall–Kier alpha value is -1.73. The Labute approximate surface area is 145 Å². The first kappa shape index (κ1) is 15.8. The molecule has 24 heavy (non-hydrogen) atoms. The van der Waals surface area contributed by atoms with Gasteiger partial charge in [0, 0.05) is 49.2 Å². The minimum absolute atomic E-state index is 0.107. The highest BCUT2D eigenvalue weighted by Crippen LogP contribution is 2.34. The average Bonchev–Trinajstić information content (AvgIpc) is 3.06. The zero-order valence-electron chi connectivity index (χ0n) is 13.9. The summed E-state index contributed by atoms with van der Waals surface area (Å²) in [6.45, 7) is 4.64. The minimum atomic E-state index is 0.107. The van der Waals surface area contributed by atoms with E-state index in [9.17, 15) is 4.79 Å². The Kier molecular flexibility index (Phi) is 4.37. The zero-order valence-corrected chi connectivity index (χ0v) is 14.8. The lowest BCUT2D eigenvalue weighted by Gasteiger charge is -2.31. The average molecular weight is 345 g/mol. The molecule has 2 fully saturated rings. The molecule has 3 heterocycles. The van der Waals surface area contributed by atoms with Gasteiger partial charge < -0.3 is 0 Å². The van der Waals surface area contributed by atoms with E-state index in [4.69, 9.17) is 4.98 Å². The molecule has 0 aromatic carbocycles. The molecule has 6 nitrogen and oxygen atoms in total. The van der Waals surface area contributed by atoms with E-state index >= 15 is 0 Å². The number of anilines is 1. The number of nitrogens with zero attached hydrogens (tertiary/aromatic N) is 4. The van der Waals surface area contributed by atoms with Crippen molar-refractivity contribution >= 4 is 22.4 Å². The van der Waals surface area contributed by atoms with Gasteiger partial charge in [-0.3, -0.25) is 19.7 Å². The van der Waals surface area contributed by atoms with Gasteiger partial charge in [0.1, 0.15) is 0 Å². The molecular formula is C17H23N5OS. The van der Waals surface area contributed by atoms with Gasteiger partial charge in [-0.05, 0) is 38.3 Å². The number of amides is 1. The second-order valence-corrected chi connectivity index (χ2v) is 7.66. The van der Waals surface area contributed by atoms with E-state index in [-0.39, 0.29) is 5.91 Å². The molecule has 1 aliphatic heterocycles. The van der Waals surface area contributed by atoms with Gasteiger partial charge in [0.25, 0.3) is 0 Å². The third-order valence-corrected chi connectivity index (χ3v) is 5.74. The summed E-state index contributed by atoms with van der Waals surface area (Å²) in [6.07, 6.45) is 6.44. The first-order chi connectivity index (χ1) is 11.7. The number of aromatic nitrogens is 3. The Morgan fingerprint density at radius 3 is 3.04 bits per heavy atom. The quantitative estimate of drug-likeness (QED) is 0.905. The highest BCUT2D eigenvalue weighted by molar-refractivity contribution is 7.14. The summed E-state index contributed by atoms with van der Waals surface area (Å²) in [4.78, 5) is 20.9. The van der Waals surface area contributed by atoms with Crippen LogP contribution in [-0.2, 0) is 11.3 Å². The predicted octanol–water partition coefficient (Wildman–Crippen LogP) is 2.76. The van der Waals surface area contributed by atoms with Crippen LogP contribution in [0.25, 0.3) is 0 Å². The minimum Gasteiger partial charge on any atom is -0.297 e. The first-order valence-corrected chi connectivity index (χ1v) is 9.54. The van der Waals surface area contributed by atoms with Gasteiger partial charge in [-0.25, -0.2) is 4.98 Å². The van der Waals surface area contributed by atoms with Crippen LogP contribution in [0.4, 0.5) is 5.13 Å². The van der Waals surface area contributed by atoms with Crippen molar-refractivity contribution in [3.8, 4) is 0 Å². The maximum absolute atomic E-state index is 11.9. The smallest absolute Gasteiger partial charge is 0.225 e. The normalized spacial score (nSPS) is 21.8. The summed E-state index contributed by atoms with van der Waals surface area (Å²) in [5.41, 5.74) is 2.31. The van der Waals surface area contributed by atoms with Gasteiger partial charge in [0.2, 0.25) is 5.91 Å². The molecule has 1 atom stereocenters. The molecule has 1 amide bonds. The summed E-state index contributed by atoms with van der Waals surface area (Å²) >= 11 is 1.59. The molecule has 128 valence electrons. The molecule has 1 saturated carbocycles. The van der Waals surface area contributed by atoms with Crippen molar-refractivity contribution in [1.29, 1.82) is 0 Å². The summed E-state index contributed by atoms with van der Waals surface area (Å²) < 4.78 is 0. The largest absolute Gasteiger partial charge is 0.297 e. The van der Waals surface area contributed by atoms with E-state index < -0.39 is 0 Å². The van der Waals surface area contributed by atoms with Crippen LogP contribution in [0.5, 0.6) is 0 Å². The molecular weight excluding hydrogens is 322 g/mol. The van der Waals surface area contributed by atoms with Gasteiger partial charge in [0.15, 0.2) is 5.13 Å². The number of hydrogen-bond acceptors (Lipinski definition) is 5. The lowest BCUT2D eigenvalue weighted by molar-refractivity contribution is -0.116. The number of aromatic amines is 1. The van der Waals surface area contributed by atoms with Crippen molar-refractivity contribution in [3.05, 3.63) is 29.0 Å². The predicted molar refractivity (Wildman–Crippen MR) is 94.1 cm³/mol. The van der Waals surface area contributed by atoms with Crippen LogP contribution in [0.3, 0.4) is 0 Å². The Bertz CT molecular complexity index is 694. The summed E-state index contributed by atoms with van der Waals surface area (Å²) in [5.74, 6) is 0.634. The highest BCUT2D eigenvalue weighted by atomic mass is 32.1. The molecule has 1 unspecified atom stereocenters. The van der Waals surface area contributed by atoms with Crippen molar-refractivity contribution in [1.82, 2.24) is 20.1 Å². The molecule has 2 aromatic rings. The monoisotopic (exact) mass is 345 g/mol. The SMILES string of the molecule is CC(=O)N(c1nc(CN2CCCC(c3ccn[nH]3)C2)cs1)C1CC1. The van der Waals surface area contributed by atoms with Crippen molar-refractivity contribution < 1.29 is 4.79 Å². The van der Waals surface area contributed by atoms with Crippen LogP contribution < -0.4 is 4.90 Å². The maximum atomic E-state index is 11.9. The number of carbonyl (C=O) groups is 1. The molecule has 2 aromatic heterocycles. The highest BCUT2D eigenvalue weighted by Gasteiger charge is 2.33. The van der Waals surface area contributed by atoms with Crippen LogP contribution in [0, 0.1) is 0 Å². The van der Waals surface area contributed by atoms with E-state index in [2.05, 4.69) is 26.5 Å². The Balaban J connectivity index is 1.41. The molecule has 4 rings (SSSR count). The topological polar surface area (TPSA) is 65.1 Å². The number of nitrogens with one attached hydrogen (secondary N) is 1. The molecule has 2 aliphatic rings. The number of thiazole rings is 1. The van der Waals surface area contributed by atoms with Crippen LogP contribution in [-0.4, -0.2) is 45.1 Å². The molecule has 0 bridgehead atoms. The number of hydrogen-bond donors (Lipinski definition) is 1. The van der Waals surface area contributed by atoms with Gasteiger partial charge in [-0.1, -0.05) is 0 Å². The summed E-state index contributed by atoms with van der Waals surface area (Å²) in [6, 6.07) is 2.46. The fourth-order valence-corrected chi connectivity index (χ4v) is 4.47. The van der Waals surface area contributed by atoms with E-state index in [0.717, 1.165) is 43.3 Å². The lowest BCUT2D eigenvalue weighted by atomic mass is 9.95. The van der Waals surface area contributed by atoms with E-state index in [1.165, 1.54) is 18.5 Å². The first-order valence-electron chi connectivity index (χ1n) is 8.66. The van der Waals surface area contributed by atoms with Crippen LogP contribution in [0.15, 0.2) is 17.6 Å². The number of likely N-dealkylation sites (tertiary alicyclic amines) is 1. The molecule has 0 radical (unpaired) electrons. The van der Waals surface area contributed by atoms with Gasteiger partial charge in [-0.2, -0.15) is 5.10 Å². The third kappa shape index (κ3) is 3.37. The standard InChI is InChI=1S/C17H23N5OS/c1-12(23)22(15-4-5-15)17-19-14(11-24-17)10-21-8-2-3-13(9-21)16-6-7-18-20-16/h6-7,11,13,15H,2-5,8-10H2,1H3,(H,18,20). The van der Waals surface area contributed by atoms with E-state index in [0.29, 0.717) is 12.0 Å². The second-order valence-electron chi connectivity index (χ2n) is 6.83. The van der Waals surface area contributed by atoms with Crippen molar-refractivity contribution in [2.24, 2.45) is 0 Å². The number of carbonyl (C=O) groups excluding carboxylic acids is 1. The number of piperidine rings is 1. The van der Waals surface area contributed by atoms with Crippen molar-refractivity contribution in [2.45, 2.75) is 51.1 Å². The number of H-pyrrole nitrogens is 1. The molecule has 1 N–H and O–H groups in total. The second kappa shape index (κ2) is 6.64. The Morgan fingerprint density at radius 1 is 1.46 bits per heavy atom.